The first kappa shape index (κ1) is 25.6. The van der Waals surface area contributed by atoms with E-state index >= 15 is 0 Å². The van der Waals surface area contributed by atoms with Gasteiger partial charge in [-0.1, -0.05) is 100 Å². The summed E-state index contributed by atoms with van der Waals surface area (Å²) in [7, 11) is 0. The lowest BCUT2D eigenvalue weighted by Crippen LogP contribution is -2.23. The quantitative estimate of drug-likeness (QED) is 0.182. The standard InChI is InChI=1S/C30H28N2O5/c1-29(2,21-11-7-5-8-12-21)23-15-17-27(25(19-23)30(3,4)22-13-9-6-10-14-22)37-28-18-16-24(31(33)34)20-26(28)32(35)36/h5-20H,1-4H3. The molecule has 37 heavy (non-hydrogen) atoms. The summed E-state index contributed by atoms with van der Waals surface area (Å²) in [6, 6.07) is 29.4. The van der Waals surface area contributed by atoms with Gasteiger partial charge in [0.25, 0.3) is 5.69 Å². The van der Waals surface area contributed by atoms with Gasteiger partial charge in [-0.25, -0.2) is 0 Å². The number of hydrogen-bond donors (Lipinski definition) is 0. The lowest BCUT2D eigenvalue weighted by Gasteiger charge is -2.32. The van der Waals surface area contributed by atoms with Gasteiger partial charge in [-0.3, -0.25) is 20.2 Å². The molecule has 0 aliphatic heterocycles. The maximum atomic E-state index is 11.7. The first-order valence-electron chi connectivity index (χ1n) is 11.9. The lowest BCUT2D eigenvalue weighted by atomic mass is 9.73. The van der Waals surface area contributed by atoms with Gasteiger partial charge in [0.1, 0.15) is 5.75 Å². The molecule has 0 aromatic heterocycles. The monoisotopic (exact) mass is 496 g/mol. The average Bonchev–Trinajstić information content (AvgIpc) is 2.89. The van der Waals surface area contributed by atoms with E-state index in [9.17, 15) is 20.2 Å². The van der Waals surface area contributed by atoms with Crippen molar-refractivity contribution in [1.29, 1.82) is 0 Å². The second-order valence-electron chi connectivity index (χ2n) is 9.96. The van der Waals surface area contributed by atoms with E-state index < -0.39 is 20.9 Å². The minimum absolute atomic E-state index is 0.0595. The van der Waals surface area contributed by atoms with E-state index in [0.29, 0.717) is 5.75 Å². The van der Waals surface area contributed by atoms with Crippen LogP contribution in [0.4, 0.5) is 11.4 Å². The average molecular weight is 497 g/mol. The molecule has 0 atom stereocenters. The maximum absolute atomic E-state index is 11.7. The predicted molar refractivity (Wildman–Crippen MR) is 143 cm³/mol. The Morgan fingerprint density at radius 1 is 0.595 bits per heavy atom. The van der Waals surface area contributed by atoms with E-state index in [1.165, 1.54) is 12.1 Å². The molecule has 0 saturated carbocycles. The number of non-ortho nitro benzene ring substituents is 1. The smallest absolute Gasteiger partial charge is 0.318 e. The van der Waals surface area contributed by atoms with Gasteiger partial charge in [-0.2, -0.15) is 0 Å². The fourth-order valence-corrected chi connectivity index (χ4v) is 4.49. The maximum Gasteiger partial charge on any atom is 0.318 e. The molecule has 0 aliphatic rings. The topological polar surface area (TPSA) is 95.5 Å². The molecule has 0 aliphatic carbocycles. The number of rotatable bonds is 8. The fourth-order valence-electron chi connectivity index (χ4n) is 4.49. The van der Waals surface area contributed by atoms with Crippen LogP contribution in [0, 0.1) is 20.2 Å². The van der Waals surface area contributed by atoms with Crippen LogP contribution in [0.15, 0.2) is 97.1 Å². The second kappa shape index (κ2) is 9.85. The highest BCUT2D eigenvalue weighted by Gasteiger charge is 2.32. The molecule has 0 amide bonds. The van der Waals surface area contributed by atoms with Crippen LogP contribution in [0.3, 0.4) is 0 Å². The summed E-state index contributed by atoms with van der Waals surface area (Å²) in [5.41, 5.74) is 2.42. The van der Waals surface area contributed by atoms with Crippen LogP contribution in [0.1, 0.15) is 49.9 Å². The highest BCUT2D eigenvalue weighted by molar-refractivity contribution is 5.57. The van der Waals surface area contributed by atoms with Gasteiger partial charge >= 0.3 is 5.69 Å². The molecule has 188 valence electrons. The Hall–Kier alpha value is -4.52. The van der Waals surface area contributed by atoms with Crippen LogP contribution in [0.2, 0.25) is 0 Å². The highest BCUT2D eigenvalue weighted by atomic mass is 16.6. The van der Waals surface area contributed by atoms with Crippen LogP contribution in [0.5, 0.6) is 11.5 Å². The Kier molecular flexibility index (Phi) is 6.81. The van der Waals surface area contributed by atoms with E-state index in [-0.39, 0.29) is 16.9 Å². The van der Waals surface area contributed by atoms with Crippen LogP contribution < -0.4 is 4.74 Å². The van der Waals surface area contributed by atoms with E-state index in [0.717, 1.165) is 28.3 Å². The number of nitro groups is 2. The van der Waals surface area contributed by atoms with Gasteiger partial charge in [-0.05, 0) is 28.8 Å². The zero-order valence-electron chi connectivity index (χ0n) is 21.2. The van der Waals surface area contributed by atoms with Crippen LogP contribution in [0.25, 0.3) is 0 Å². The Balaban J connectivity index is 1.88. The van der Waals surface area contributed by atoms with Crippen molar-refractivity contribution < 1.29 is 14.6 Å². The van der Waals surface area contributed by atoms with Gasteiger partial charge in [-0.15, -0.1) is 0 Å². The fraction of sp³-hybridized carbons (Fsp3) is 0.200. The molecule has 0 saturated heterocycles. The molecule has 4 aromatic rings. The van der Waals surface area contributed by atoms with Gasteiger partial charge < -0.3 is 4.74 Å². The summed E-state index contributed by atoms with van der Waals surface area (Å²) < 4.78 is 6.15. The Labute approximate surface area is 215 Å². The van der Waals surface area contributed by atoms with Crippen LogP contribution in [-0.2, 0) is 10.8 Å². The minimum atomic E-state index is -0.669. The molecular formula is C30H28N2O5. The lowest BCUT2D eigenvalue weighted by molar-refractivity contribution is -0.394. The summed E-state index contributed by atoms with van der Waals surface area (Å²) in [5, 5.41) is 22.9. The van der Waals surface area contributed by atoms with Crippen molar-refractivity contribution in [3.8, 4) is 11.5 Å². The first-order valence-corrected chi connectivity index (χ1v) is 11.9. The third kappa shape index (κ3) is 5.07. The predicted octanol–water partition coefficient (Wildman–Crippen LogP) is 7.95. The summed E-state index contributed by atoms with van der Waals surface area (Å²) >= 11 is 0. The molecule has 0 bridgehead atoms. The van der Waals surface area contributed by atoms with Crippen molar-refractivity contribution in [3.63, 3.8) is 0 Å². The van der Waals surface area contributed by atoms with Crippen LogP contribution >= 0.6 is 0 Å². The Bertz CT molecular complexity index is 1450. The highest BCUT2D eigenvalue weighted by Crippen LogP contribution is 2.44. The molecule has 7 nitrogen and oxygen atoms in total. The van der Waals surface area contributed by atoms with Crippen molar-refractivity contribution in [3.05, 3.63) is 140 Å². The number of nitrogens with zero attached hydrogens (tertiary/aromatic N) is 2. The molecule has 0 radical (unpaired) electrons. The SMILES string of the molecule is CC(C)(c1ccccc1)c1ccc(Oc2ccc([N+](=O)[O-])cc2[N+](=O)[O-])c(C(C)(C)c2ccccc2)c1. The molecule has 4 aromatic carbocycles. The third-order valence-electron chi connectivity index (χ3n) is 6.94. The largest absolute Gasteiger partial charge is 0.450 e. The summed E-state index contributed by atoms with van der Waals surface area (Å²) in [4.78, 5) is 21.6. The summed E-state index contributed by atoms with van der Waals surface area (Å²) in [6.45, 7) is 8.46. The summed E-state index contributed by atoms with van der Waals surface area (Å²) in [5.74, 6) is 0.384. The Morgan fingerprint density at radius 2 is 1.14 bits per heavy atom. The van der Waals surface area contributed by atoms with Crippen molar-refractivity contribution in [2.24, 2.45) is 0 Å². The third-order valence-corrected chi connectivity index (χ3v) is 6.94. The number of nitro benzene ring substituents is 2. The molecule has 0 fully saturated rings. The van der Waals surface area contributed by atoms with Gasteiger partial charge in [0, 0.05) is 22.5 Å². The molecule has 0 N–H and O–H groups in total. The van der Waals surface area contributed by atoms with Crippen molar-refractivity contribution >= 4 is 11.4 Å². The van der Waals surface area contributed by atoms with Crippen molar-refractivity contribution in [2.45, 2.75) is 38.5 Å². The normalized spacial score (nSPS) is 11.7. The van der Waals surface area contributed by atoms with E-state index in [2.05, 4.69) is 45.9 Å². The zero-order chi connectivity index (χ0) is 26.8. The number of benzene rings is 4. The van der Waals surface area contributed by atoms with Crippen LogP contribution in [-0.4, -0.2) is 9.85 Å². The van der Waals surface area contributed by atoms with Crippen molar-refractivity contribution in [1.82, 2.24) is 0 Å². The molecule has 7 heteroatoms. The minimum Gasteiger partial charge on any atom is -0.450 e. The number of ether oxygens (including phenoxy) is 1. The molecule has 0 heterocycles. The molecule has 4 rings (SSSR count). The van der Waals surface area contributed by atoms with Gasteiger partial charge in [0.2, 0.25) is 5.75 Å². The Morgan fingerprint density at radius 3 is 1.68 bits per heavy atom. The zero-order valence-corrected chi connectivity index (χ0v) is 21.2. The van der Waals surface area contributed by atoms with Gasteiger partial charge in [0.05, 0.1) is 15.9 Å². The first-order chi connectivity index (χ1) is 17.5. The molecular weight excluding hydrogens is 468 g/mol. The number of hydrogen-bond acceptors (Lipinski definition) is 5. The van der Waals surface area contributed by atoms with E-state index in [4.69, 9.17) is 4.74 Å². The van der Waals surface area contributed by atoms with E-state index in [1.807, 2.05) is 60.7 Å². The summed E-state index contributed by atoms with van der Waals surface area (Å²) in [6.07, 6.45) is 0. The van der Waals surface area contributed by atoms with E-state index in [1.54, 1.807) is 0 Å². The van der Waals surface area contributed by atoms with Gasteiger partial charge in [0.15, 0.2) is 0 Å². The van der Waals surface area contributed by atoms with Crippen molar-refractivity contribution in [2.75, 3.05) is 0 Å². The molecule has 0 spiro atoms. The second-order valence-corrected chi connectivity index (χ2v) is 9.96. The molecule has 0 unspecified atom stereocenters.